The van der Waals surface area contributed by atoms with Crippen LogP contribution in [0.3, 0.4) is 0 Å². The van der Waals surface area contributed by atoms with Crippen molar-refractivity contribution in [3.05, 3.63) is 69.2 Å². The minimum absolute atomic E-state index is 0.122. The second-order valence-electron chi connectivity index (χ2n) is 8.17. The molecule has 10 heteroatoms. The molecule has 6 nitrogen and oxygen atoms in total. The highest BCUT2D eigenvalue weighted by Gasteiger charge is 2.34. The molecule has 0 amide bonds. The van der Waals surface area contributed by atoms with E-state index in [-0.39, 0.29) is 39.5 Å². The van der Waals surface area contributed by atoms with Crippen molar-refractivity contribution in [2.24, 2.45) is 0 Å². The van der Waals surface area contributed by atoms with Crippen LogP contribution in [0.1, 0.15) is 37.7 Å². The summed E-state index contributed by atoms with van der Waals surface area (Å²) < 4.78 is 43.9. The van der Waals surface area contributed by atoms with Crippen molar-refractivity contribution in [2.45, 2.75) is 39.4 Å². The van der Waals surface area contributed by atoms with Gasteiger partial charge in [-0.2, -0.15) is 13.2 Å². The van der Waals surface area contributed by atoms with Gasteiger partial charge in [-0.1, -0.05) is 30.7 Å². The number of halogens is 4. The number of alkyl halides is 3. The van der Waals surface area contributed by atoms with Crippen molar-refractivity contribution < 1.29 is 13.2 Å². The van der Waals surface area contributed by atoms with Crippen LogP contribution in [0.15, 0.2) is 47.3 Å². The first-order valence-electron chi connectivity index (χ1n) is 10.7. The van der Waals surface area contributed by atoms with E-state index in [9.17, 15) is 18.0 Å². The van der Waals surface area contributed by atoms with Crippen molar-refractivity contribution in [1.82, 2.24) is 24.1 Å². The van der Waals surface area contributed by atoms with Crippen molar-refractivity contribution in [1.29, 1.82) is 0 Å². The van der Waals surface area contributed by atoms with Gasteiger partial charge in [0.25, 0.3) is 5.56 Å². The first kappa shape index (κ1) is 22.3. The quantitative estimate of drug-likeness (QED) is 0.303. The van der Waals surface area contributed by atoms with Crippen molar-refractivity contribution in [2.75, 3.05) is 0 Å². The minimum Gasteiger partial charge on any atom is -0.293 e. The zero-order chi connectivity index (χ0) is 24.4. The zero-order valence-corrected chi connectivity index (χ0v) is 19.2. The molecule has 2 aromatic carbocycles. The average Bonchev–Trinajstić information content (AvgIpc) is 3.09. The van der Waals surface area contributed by atoms with E-state index in [1.165, 1.54) is 16.7 Å². The molecule has 1 atom stereocenters. The van der Waals surface area contributed by atoms with Gasteiger partial charge >= 0.3 is 6.18 Å². The number of nitrogens with zero attached hydrogens (tertiary/aromatic N) is 5. The number of fused-ring (bicyclic) bond motifs is 4. The first-order valence-corrected chi connectivity index (χ1v) is 11.1. The second kappa shape index (κ2) is 7.80. The molecular weight excluding hydrogens is 467 g/mol. The third kappa shape index (κ3) is 3.34. The van der Waals surface area contributed by atoms with Crippen LogP contribution in [0.25, 0.3) is 38.9 Å². The molecule has 0 radical (unpaired) electrons. The Morgan fingerprint density at radius 3 is 2.35 bits per heavy atom. The van der Waals surface area contributed by atoms with E-state index in [0.717, 1.165) is 6.07 Å². The average molecular weight is 486 g/mol. The first-order chi connectivity index (χ1) is 16.1. The Morgan fingerprint density at radius 1 is 1.03 bits per heavy atom. The molecule has 3 aromatic heterocycles. The van der Waals surface area contributed by atoms with Crippen LogP contribution >= 0.6 is 11.6 Å². The highest BCUT2D eigenvalue weighted by Crippen LogP contribution is 2.37. The van der Waals surface area contributed by atoms with Gasteiger partial charge in [-0.25, -0.2) is 15.0 Å². The van der Waals surface area contributed by atoms with E-state index in [4.69, 9.17) is 11.6 Å². The summed E-state index contributed by atoms with van der Waals surface area (Å²) in [5, 5.41) is -0.209. The fraction of sp³-hybridized carbons (Fsp3) is 0.250. The highest BCUT2D eigenvalue weighted by molar-refractivity contribution is 6.31. The van der Waals surface area contributed by atoms with Crippen molar-refractivity contribution >= 4 is 44.8 Å². The summed E-state index contributed by atoms with van der Waals surface area (Å²) in [4.78, 5) is 27.7. The SMILES string of the molecule is CC[C@@H](C)n1c(C)nc2c(c1=O)c1nc3ccccc3nc1n2-c1ccc(Cl)c(C(F)(F)F)c1. The van der Waals surface area contributed by atoms with Gasteiger partial charge in [0.05, 0.1) is 21.6 Å². The van der Waals surface area contributed by atoms with Gasteiger partial charge in [0.15, 0.2) is 11.3 Å². The third-order valence-corrected chi connectivity index (χ3v) is 6.36. The molecule has 34 heavy (non-hydrogen) atoms. The van der Waals surface area contributed by atoms with Gasteiger partial charge in [0.1, 0.15) is 16.7 Å². The second-order valence-corrected chi connectivity index (χ2v) is 8.58. The van der Waals surface area contributed by atoms with Crippen LogP contribution in [0.4, 0.5) is 13.2 Å². The van der Waals surface area contributed by atoms with Gasteiger partial charge < -0.3 is 0 Å². The topological polar surface area (TPSA) is 65.6 Å². The molecule has 0 aliphatic heterocycles. The summed E-state index contributed by atoms with van der Waals surface area (Å²) in [6, 6.07) is 10.6. The van der Waals surface area contributed by atoms with E-state index in [1.807, 2.05) is 13.8 Å². The number of hydrogen-bond donors (Lipinski definition) is 0. The molecule has 0 aliphatic rings. The van der Waals surface area contributed by atoms with Gasteiger partial charge in [0, 0.05) is 11.7 Å². The molecule has 0 spiro atoms. The lowest BCUT2D eigenvalue weighted by Crippen LogP contribution is -2.26. The Labute approximate surface area is 196 Å². The predicted molar refractivity (Wildman–Crippen MR) is 126 cm³/mol. The van der Waals surface area contributed by atoms with E-state index in [1.54, 1.807) is 35.8 Å². The summed E-state index contributed by atoms with van der Waals surface area (Å²) in [6.07, 6.45) is -3.95. The molecule has 0 aliphatic carbocycles. The summed E-state index contributed by atoms with van der Waals surface area (Å²) in [6.45, 7) is 5.58. The van der Waals surface area contributed by atoms with Crippen LogP contribution in [-0.4, -0.2) is 24.1 Å². The van der Waals surface area contributed by atoms with Crippen LogP contribution in [0, 0.1) is 6.92 Å². The van der Waals surface area contributed by atoms with Gasteiger partial charge in [0.2, 0.25) is 0 Å². The van der Waals surface area contributed by atoms with E-state index in [0.29, 0.717) is 23.3 Å². The van der Waals surface area contributed by atoms with Crippen molar-refractivity contribution in [3.63, 3.8) is 0 Å². The van der Waals surface area contributed by atoms with Gasteiger partial charge in [-0.05, 0) is 50.6 Å². The summed E-state index contributed by atoms with van der Waals surface area (Å²) in [5.41, 5.74) is 0.674. The summed E-state index contributed by atoms with van der Waals surface area (Å²) in [5.74, 6) is 0.450. The van der Waals surface area contributed by atoms with Crippen LogP contribution in [0.5, 0.6) is 0 Å². The summed E-state index contributed by atoms with van der Waals surface area (Å²) in [7, 11) is 0. The number of aryl methyl sites for hydroxylation is 1. The largest absolute Gasteiger partial charge is 0.417 e. The number of rotatable bonds is 3. The molecule has 0 bridgehead atoms. The van der Waals surface area contributed by atoms with E-state index >= 15 is 0 Å². The molecule has 5 aromatic rings. The van der Waals surface area contributed by atoms with Crippen LogP contribution < -0.4 is 5.56 Å². The molecule has 0 saturated heterocycles. The maximum Gasteiger partial charge on any atom is 0.417 e. The van der Waals surface area contributed by atoms with Gasteiger partial charge in [-0.3, -0.25) is 13.9 Å². The maximum absolute atomic E-state index is 13.7. The normalized spacial score (nSPS) is 13.3. The third-order valence-electron chi connectivity index (χ3n) is 6.03. The highest BCUT2D eigenvalue weighted by atomic mass is 35.5. The number of para-hydroxylation sites is 2. The Morgan fingerprint density at radius 2 is 1.71 bits per heavy atom. The Hall–Kier alpha value is -3.46. The Balaban J connectivity index is 1.99. The summed E-state index contributed by atoms with van der Waals surface area (Å²) >= 11 is 5.85. The van der Waals surface area contributed by atoms with E-state index < -0.39 is 16.8 Å². The van der Waals surface area contributed by atoms with Gasteiger partial charge in [-0.15, -0.1) is 0 Å². The number of benzene rings is 2. The molecule has 0 N–H and O–H groups in total. The molecule has 0 unspecified atom stereocenters. The number of hydrogen-bond acceptors (Lipinski definition) is 4. The molecular formula is C24H19ClF3N5O. The molecule has 3 heterocycles. The smallest absolute Gasteiger partial charge is 0.293 e. The minimum atomic E-state index is -4.66. The standard InChI is InChI=1S/C24H19ClF3N5O/c1-4-12(2)32-13(3)29-21-19(23(32)34)20-22(31-18-8-6-5-7-17(18)30-20)33(21)14-9-10-16(25)15(11-14)24(26,27)28/h5-12H,4H2,1-3H3/t12-/m1/s1. The predicted octanol–water partition coefficient (Wildman–Crippen LogP) is 6.24. The van der Waals surface area contributed by atoms with E-state index in [2.05, 4.69) is 15.0 Å². The molecule has 5 rings (SSSR count). The molecule has 174 valence electrons. The van der Waals surface area contributed by atoms with Crippen molar-refractivity contribution in [3.8, 4) is 5.69 Å². The Bertz CT molecular complexity index is 1650. The Kier molecular flexibility index (Phi) is 5.12. The molecule has 0 saturated carbocycles. The fourth-order valence-corrected chi connectivity index (χ4v) is 4.45. The van der Waals surface area contributed by atoms with Crippen LogP contribution in [-0.2, 0) is 6.18 Å². The number of aromatic nitrogens is 5. The lowest BCUT2D eigenvalue weighted by molar-refractivity contribution is -0.137. The maximum atomic E-state index is 13.7. The zero-order valence-electron chi connectivity index (χ0n) is 18.5. The molecule has 0 fully saturated rings. The fourth-order valence-electron chi connectivity index (χ4n) is 4.23. The lowest BCUT2D eigenvalue weighted by Gasteiger charge is -2.16. The van der Waals surface area contributed by atoms with Crippen LogP contribution in [0.2, 0.25) is 5.02 Å². The monoisotopic (exact) mass is 485 g/mol. The lowest BCUT2D eigenvalue weighted by atomic mass is 10.2.